The summed E-state index contributed by atoms with van der Waals surface area (Å²) in [5.74, 6) is 0.846. The van der Waals surface area contributed by atoms with Gasteiger partial charge in [-0.05, 0) is 49.2 Å². The Kier molecular flexibility index (Phi) is 7.48. The minimum atomic E-state index is -0.193. The molecule has 2 aromatic carbocycles. The molecule has 0 spiro atoms. The van der Waals surface area contributed by atoms with E-state index in [0.29, 0.717) is 6.54 Å². The number of benzene rings is 2. The number of rotatable bonds is 7. The van der Waals surface area contributed by atoms with Crippen LogP contribution in [0.2, 0.25) is 0 Å². The molecule has 6 heteroatoms. The highest BCUT2D eigenvalue weighted by molar-refractivity contribution is 7.99. The van der Waals surface area contributed by atoms with Gasteiger partial charge in [-0.15, -0.1) is 11.8 Å². The fourth-order valence-corrected chi connectivity index (χ4v) is 4.30. The lowest BCUT2D eigenvalue weighted by atomic mass is 10.1. The summed E-state index contributed by atoms with van der Waals surface area (Å²) in [7, 11) is 0. The molecule has 1 aliphatic rings. The van der Waals surface area contributed by atoms with Gasteiger partial charge in [-0.3, -0.25) is 14.6 Å². The maximum Gasteiger partial charge on any atom is 0.238 e. The Bertz CT molecular complexity index is 769. The number of carbonyl (C=O) groups excluding carboxylic acids is 1. The van der Waals surface area contributed by atoms with E-state index in [-0.39, 0.29) is 11.7 Å². The molecule has 28 heavy (non-hydrogen) atoms. The first-order valence-electron chi connectivity index (χ1n) is 9.70. The third-order valence-corrected chi connectivity index (χ3v) is 6.06. The summed E-state index contributed by atoms with van der Waals surface area (Å²) in [6.07, 6.45) is 0. The molecule has 0 radical (unpaired) electrons. The van der Waals surface area contributed by atoms with Crippen LogP contribution in [0.5, 0.6) is 0 Å². The van der Waals surface area contributed by atoms with E-state index in [9.17, 15) is 9.18 Å². The minimum absolute atomic E-state index is 0.0534. The van der Waals surface area contributed by atoms with E-state index in [2.05, 4.69) is 15.1 Å². The van der Waals surface area contributed by atoms with Crippen LogP contribution in [0.25, 0.3) is 0 Å². The molecule has 1 aliphatic heterocycles. The van der Waals surface area contributed by atoms with Crippen molar-refractivity contribution in [3.8, 4) is 0 Å². The summed E-state index contributed by atoms with van der Waals surface area (Å²) in [5, 5.41) is 3.07. The molecule has 2 aromatic rings. The van der Waals surface area contributed by atoms with Gasteiger partial charge in [0.25, 0.3) is 0 Å². The van der Waals surface area contributed by atoms with Crippen LogP contribution in [-0.4, -0.2) is 60.7 Å². The zero-order valence-electron chi connectivity index (χ0n) is 16.6. The molecule has 1 N–H and O–H groups in total. The maximum absolute atomic E-state index is 12.9. The first kappa shape index (κ1) is 20.8. The highest BCUT2D eigenvalue weighted by Crippen LogP contribution is 2.20. The maximum atomic E-state index is 12.9. The molecule has 0 aliphatic carbocycles. The molecule has 0 saturated carbocycles. The van der Waals surface area contributed by atoms with Crippen LogP contribution >= 0.6 is 11.8 Å². The van der Waals surface area contributed by atoms with E-state index in [1.807, 2.05) is 44.2 Å². The quantitative estimate of drug-likeness (QED) is 0.716. The Morgan fingerprint density at radius 2 is 1.61 bits per heavy atom. The average molecular weight is 402 g/mol. The Morgan fingerprint density at radius 3 is 2.25 bits per heavy atom. The van der Waals surface area contributed by atoms with Crippen LogP contribution in [0.15, 0.2) is 47.4 Å². The fourth-order valence-electron chi connectivity index (χ4n) is 3.39. The second-order valence-electron chi connectivity index (χ2n) is 7.24. The predicted molar refractivity (Wildman–Crippen MR) is 115 cm³/mol. The summed E-state index contributed by atoms with van der Waals surface area (Å²) in [5.41, 5.74) is 3.12. The number of thioether (sulfide) groups is 1. The Hall–Kier alpha value is -1.89. The SMILES string of the molecule is Cc1cccc(C)c1NC(=O)CN1CCN(CCSc2ccc(F)cc2)CC1. The molecule has 0 atom stereocenters. The lowest BCUT2D eigenvalue weighted by Crippen LogP contribution is -2.49. The number of hydrogen-bond donors (Lipinski definition) is 1. The molecular formula is C22H28FN3OS. The van der Waals surface area contributed by atoms with Crippen LogP contribution in [0.4, 0.5) is 10.1 Å². The van der Waals surface area contributed by atoms with E-state index < -0.39 is 0 Å². The molecular weight excluding hydrogens is 373 g/mol. The number of piperazine rings is 1. The molecule has 1 heterocycles. The third kappa shape index (κ3) is 6.06. The summed E-state index contributed by atoms with van der Waals surface area (Å²) < 4.78 is 12.9. The van der Waals surface area contributed by atoms with E-state index >= 15 is 0 Å². The monoisotopic (exact) mass is 401 g/mol. The van der Waals surface area contributed by atoms with Gasteiger partial charge >= 0.3 is 0 Å². The number of hydrogen-bond acceptors (Lipinski definition) is 4. The largest absolute Gasteiger partial charge is 0.324 e. The number of para-hydroxylation sites is 1. The molecule has 0 bridgehead atoms. The van der Waals surface area contributed by atoms with Crippen molar-refractivity contribution >= 4 is 23.4 Å². The first-order chi connectivity index (χ1) is 13.5. The summed E-state index contributed by atoms with van der Waals surface area (Å²) in [6, 6.07) is 12.7. The Morgan fingerprint density at radius 1 is 1.00 bits per heavy atom. The Labute approximate surface area is 171 Å². The lowest BCUT2D eigenvalue weighted by Gasteiger charge is -2.34. The van der Waals surface area contributed by atoms with Crippen molar-refractivity contribution < 1.29 is 9.18 Å². The molecule has 1 fully saturated rings. The van der Waals surface area contributed by atoms with Gasteiger partial charge < -0.3 is 5.32 Å². The van der Waals surface area contributed by atoms with Crippen LogP contribution in [0.1, 0.15) is 11.1 Å². The number of anilines is 1. The fraction of sp³-hybridized carbons (Fsp3) is 0.409. The molecule has 0 aromatic heterocycles. The van der Waals surface area contributed by atoms with Gasteiger partial charge in [0.05, 0.1) is 6.54 Å². The number of aryl methyl sites for hydroxylation is 2. The highest BCUT2D eigenvalue weighted by Gasteiger charge is 2.19. The number of halogens is 1. The standard InChI is InChI=1S/C22H28FN3OS/c1-17-4-3-5-18(2)22(17)24-21(27)16-26-12-10-25(11-13-26)14-15-28-20-8-6-19(23)7-9-20/h3-9H,10-16H2,1-2H3,(H,24,27). The predicted octanol–water partition coefficient (Wildman–Crippen LogP) is 3.79. The van der Waals surface area contributed by atoms with Crippen molar-refractivity contribution in [1.82, 2.24) is 9.80 Å². The zero-order valence-corrected chi connectivity index (χ0v) is 17.4. The van der Waals surface area contributed by atoms with E-state index in [4.69, 9.17) is 0 Å². The van der Waals surface area contributed by atoms with Crippen LogP contribution < -0.4 is 5.32 Å². The van der Waals surface area contributed by atoms with Gasteiger partial charge in [-0.2, -0.15) is 0 Å². The summed E-state index contributed by atoms with van der Waals surface area (Å²) in [6.45, 7) is 9.23. The van der Waals surface area contributed by atoms with Gasteiger partial charge in [0.1, 0.15) is 5.82 Å². The topological polar surface area (TPSA) is 35.6 Å². The Balaban J connectivity index is 1.36. The third-order valence-electron chi connectivity index (χ3n) is 5.07. The summed E-state index contributed by atoms with van der Waals surface area (Å²) >= 11 is 1.75. The van der Waals surface area contributed by atoms with Crippen molar-refractivity contribution in [2.75, 3.05) is 50.3 Å². The zero-order chi connectivity index (χ0) is 19.9. The number of nitrogens with zero attached hydrogens (tertiary/aromatic N) is 2. The molecule has 1 amide bonds. The van der Waals surface area contributed by atoms with Gasteiger partial charge in [-0.1, -0.05) is 18.2 Å². The van der Waals surface area contributed by atoms with Gasteiger partial charge in [-0.25, -0.2) is 4.39 Å². The van der Waals surface area contributed by atoms with Crippen LogP contribution in [-0.2, 0) is 4.79 Å². The second kappa shape index (κ2) is 10.0. The van der Waals surface area contributed by atoms with Crippen molar-refractivity contribution in [3.05, 3.63) is 59.4 Å². The van der Waals surface area contributed by atoms with Crippen molar-refractivity contribution in [2.45, 2.75) is 18.7 Å². The van der Waals surface area contributed by atoms with E-state index in [0.717, 1.165) is 60.2 Å². The smallest absolute Gasteiger partial charge is 0.238 e. The van der Waals surface area contributed by atoms with Crippen molar-refractivity contribution in [2.24, 2.45) is 0 Å². The van der Waals surface area contributed by atoms with Crippen molar-refractivity contribution in [1.29, 1.82) is 0 Å². The molecule has 1 saturated heterocycles. The molecule has 150 valence electrons. The minimum Gasteiger partial charge on any atom is -0.324 e. The lowest BCUT2D eigenvalue weighted by molar-refractivity contribution is -0.117. The number of carbonyl (C=O) groups is 1. The average Bonchev–Trinajstić information content (AvgIpc) is 2.68. The van der Waals surface area contributed by atoms with Gasteiger partial charge in [0.15, 0.2) is 0 Å². The van der Waals surface area contributed by atoms with E-state index in [1.54, 1.807) is 11.8 Å². The van der Waals surface area contributed by atoms with Crippen molar-refractivity contribution in [3.63, 3.8) is 0 Å². The first-order valence-corrected chi connectivity index (χ1v) is 10.7. The highest BCUT2D eigenvalue weighted by atomic mass is 32.2. The van der Waals surface area contributed by atoms with Crippen LogP contribution in [0.3, 0.4) is 0 Å². The molecule has 0 unspecified atom stereocenters. The number of amides is 1. The van der Waals surface area contributed by atoms with Gasteiger partial charge in [0, 0.05) is 49.1 Å². The van der Waals surface area contributed by atoms with Crippen LogP contribution in [0, 0.1) is 19.7 Å². The molecule has 4 nitrogen and oxygen atoms in total. The normalized spacial score (nSPS) is 15.5. The number of nitrogens with one attached hydrogen (secondary N) is 1. The second-order valence-corrected chi connectivity index (χ2v) is 8.40. The molecule has 3 rings (SSSR count). The van der Waals surface area contributed by atoms with E-state index in [1.165, 1.54) is 12.1 Å². The van der Waals surface area contributed by atoms with Gasteiger partial charge in [0.2, 0.25) is 5.91 Å². The summed E-state index contributed by atoms with van der Waals surface area (Å²) in [4.78, 5) is 18.2.